The van der Waals surface area contributed by atoms with E-state index in [9.17, 15) is 4.89 Å². The summed E-state index contributed by atoms with van der Waals surface area (Å²) in [5, 5.41) is 0. The third-order valence-corrected chi connectivity index (χ3v) is 6.52. The van der Waals surface area contributed by atoms with E-state index in [1.54, 1.807) is 0 Å². The van der Waals surface area contributed by atoms with Crippen molar-refractivity contribution in [1.82, 2.24) is 0 Å². The summed E-state index contributed by atoms with van der Waals surface area (Å²) in [5.74, 6) is 0. The molecule has 8 heteroatoms. The van der Waals surface area contributed by atoms with Gasteiger partial charge in [0.2, 0.25) is 0 Å². The zero-order chi connectivity index (χ0) is 22.4. The van der Waals surface area contributed by atoms with Gasteiger partial charge in [-0.3, -0.25) is 0 Å². The summed E-state index contributed by atoms with van der Waals surface area (Å²) in [6.45, 7) is -1.21. The van der Waals surface area contributed by atoms with Gasteiger partial charge in [-0.2, -0.15) is 0 Å². The van der Waals surface area contributed by atoms with Crippen molar-refractivity contribution < 1.29 is 75.2 Å². The molecule has 0 bridgehead atoms. The maximum absolute atomic E-state index is 11.0. The summed E-state index contributed by atoms with van der Waals surface area (Å²) < 4.78 is 16.0. The monoisotopic (exact) mass is 510 g/mol. The van der Waals surface area contributed by atoms with Crippen LogP contribution >= 0.6 is 6.72 Å². The molecule has 1 aliphatic heterocycles. The van der Waals surface area contributed by atoms with Crippen molar-refractivity contribution in [2.75, 3.05) is 13.2 Å². The van der Waals surface area contributed by atoms with Gasteiger partial charge >= 0.3 is 51.4 Å². The van der Waals surface area contributed by atoms with Crippen LogP contribution in [0.4, 0.5) is 0 Å². The Hall–Kier alpha value is 1.31. The average molecular weight is 511 g/mol. The second-order valence-electron chi connectivity index (χ2n) is 8.57. The molecule has 32 heavy (non-hydrogen) atoms. The van der Waals surface area contributed by atoms with Crippen molar-refractivity contribution in [2.45, 2.75) is 103 Å². The number of benzene rings is 1. The van der Waals surface area contributed by atoms with Gasteiger partial charge in [-0.15, -0.1) is 0 Å². The Morgan fingerprint density at radius 3 is 2.06 bits per heavy atom. The molecule has 0 spiro atoms. The molecule has 0 aliphatic carbocycles. The van der Waals surface area contributed by atoms with Crippen molar-refractivity contribution in [3.05, 3.63) is 35.4 Å². The number of ether oxygens (including phenoxy) is 2. The third-order valence-electron chi connectivity index (χ3n) is 5.73. The Morgan fingerprint density at radius 2 is 1.50 bits per heavy atom. The summed E-state index contributed by atoms with van der Waals surface area (Å²) in [6.07, 6.45) is 15.3. The van der Waals surface area contributed by atoms with E-state index in [4.69, 9.17) is 18.9 Å². The van der Waals surface area contributed by atoms with E-state index in [1.807, 2.05) is 0 Å². The average Bonchev–Trinajstić information content (AvgIpc) is 3.20. The number of hydrogen-bond acceptors (Lipinski definition) is 5. The Morgan fingerprint density at radius 1 is 0.969 bits per heavy atom. The van der Waals surface area contributed by atoms with E-state index >= 15 is 0 Å². The molecule has 1 saturated heterocycles. The van der Waals surface area contributed by atoms with E-state index < -0.39 is 6.72 Å². The molecule has 0 saturated carbocycles. The van der Waals surface area contributed by atoms with Gasteiger partial charge in [-0.05, 0) is 49.7 Å². The van der Waals surface area contributed by atoms with E-state index in [0.717, 1.165) is 25.7 Å². The molecule has 3 unspecified atom stereocenters. The van der Waals surface area contributed by atoms with E-state index in [2.05, 4.69) is 43.0 Å². The van der Waals surface area contributed by atoms with Crippen molar-refractivity contribution in [1.29, 1.82) is 0 Å². The van der Waals surface area contributed by atoms with Crippen LogP contribution in [0.5, 0.6) is 0 Å². The van der Waals surface area contributed by atoms with Crippen molar-refractivity contribution >= 4 is 18.5 Å². The van der Waals surface area contributed by atoms with Gasteiger partial charge in [-0.1, -0.05) is 87.9 Å². The van der Waals surface area contributed by atoms with Gasteiger partial charge in [0.15, 0.2) is 6.29 Å². The number of rotatable bonds is 17. The van der Waals surface area contributed by atoms with E-state index in [-0.39, 0.29) is 70.4 Å². The quantitative estimate of drug-likeness (QED) is 0.197. The zero-order valence-corrected chi connectivity index (χ0v) is 24.8. The first-order valence-corrected chi connectivity index (χ1v) is 14.6. The molecule has 5 nitrogen and oxygen atoms in total. The van der Waals surface area contributed by atoms with E-state index in [0.29, 0.717) is 6.61 Å². The van der Waals surface area contributed by atoms with Gasteiger partial charge in [-0.25, -0.2) is 0 Å². The van der Waals surface area contributed by atoms with Crippen molar-refractivity contribution in [3.8, 4) is 0 Å². The molecule has 3 atom stereocenters. The van der Waals surface area contributed by atoms with Crippen LogP contribution in [-0.4, -0.2) is 30.5 Å². The van der Waals surface area contributed by atoms with Crippen LogP contribution in [0.2, 0.25) is 0 Å². The fraction of sp³-hybridized carbons (Fsp3) is 0.750. The Kier molecular flexibility index (Phi) is 18.2. The predicted octanol–water partition coefficient (Wildman–Crippen LogP) is 2.42. The van der Waals surface area contributed by atoms with Crippen LogP contribution in [0.3, 0.4) is 0 Å². The Labute approximate surface area is 242 Å². The summed E-state index contributed by atoms with van der Waals surface area (Å²) in [6, 6.07) is 9.20. The van der Waals surface area contributed by atoms with Crippen LogP contribution in [-0.2, 0) is 38.6 Å². The second kappa shape index (κ2) is 18.6. The molecule has 0 amide bonds. The largest absolute Gasteiger partial charge is 1.00 e. The molecule has 0 radical (unpaired) electrons. The summed E-state index contributed by atoms with van der Waals surface area (Å²) in [7, 11) is 0. The Bertz CT molecular complexity index is 640. The summed E-state index contributed by atoms with van der Waals surface area (Å²) >= 11 is 4.33. The van der Waals surface area contributed by atoms with Gasteiger partial charge in [0, 0.05) is 0 Å². The van der Waals surface area contributed by atoms with Gasteiger partial charge < -0.3 is 23.8 Å². The van der Waals surface area contributed by atoms with E-state index in [1.165, 1.54) is 68.9 Å². The minimum Gasteiger partial charge on any atom is -0.780 e. The van der Waals surface area contributed by atoms with Gasteiger partial charge in [0.05, 0.1) is 13.2 Å². The SMILES string of the molecule is CCCCCCCCc1ccc(CCCCCCC2OCC(COP([O-])(O)=S)O2)cc1.[K+]. The Balaban J connectivity index is 0.00000512. The van der Waals surface area contributed by atoms with Crippen LogP contribution < -0.4 is 56.3 Å². The molecule has 0 aromatic heterocycles. The number of aryl methyl sites for hydroxylation is 2. The molecular formula is C24H40KO5PS. The molecule has 1 aromatic carbocycles. The van der Waals surface area contributed by atoms with Crippen LogP contribution in [0.25, 0.3) is 0 Å². The molecule has 1 N–H and O–H groups in total. The normalized spacial score (nSPS) is 20.1. The molecule has 2 rings (SSSR count). The number of hydrogen-bond donors (Lipinski definition) is 1. The standard InChI is InChI=1S/C24H41O5PS.K/c1-2-3-4-5-6-9-12-21-15-17-22(18-16-21)13-10-7-8-11-14-24-27-19-23(29-24)20-28-30(25,26)31;/h15-18,23-24H,2-14,19-20H2,1H3,(H2,25,26,31);/q;+1/p-1. The fourth-order valence-corrected chi connectivity index (χ4v) is 4.44. The first-order valence-electron chi connectivity index (χ1n) is 12.0. The van der Waals surface area contributed by atoms with Crippen molar-refractivity contribution in [2.24, 2.45) is 0 Å². The first kappa shape index (κ1) is 31.3. The fourth-order valence-electron chi connectivity index (χ4n) is 3.90. The van der Waals surface area contributed by atoms with Crippen LogP contribution in [0, 0.1) is 0 Å². The summed E-state index contributed by atoms with van der Waals surface area (Å²) in [4.78, 5) is 20.0. The van der Waals surface area contributed by atoms with Crippen LogP contribution in [0.15, 0.2) is 24.3 Å². The van der Waals surface area contributed by atoms with Gasteiger partial charge in [0.25, 0.3) is 0 Å². The minimum absolute atomic E-state index is 0. The molecular weight excluding hydrogens is 470 g/mol. The minimum atomic E-state index is -3.86. The molecule has 1 aliphatic rings. The summed E-state index contributed by atoms with van der Waals surface area (Å²) in [5.41, 5.74) is 2.90. The number of unbranched alkanes of at least 4 members (excludes halogenated alkanes) is 8. The smallest absolute Gasteiger partial charge is 0.780 e. The third kappa shape index (κ3) is 15.3. The van der Waals surface area contributed by atoms with Gasteiger partial charge in [0.1, 0.15) is 12.8 Å². The molecule has 178 valence electrons. The zero-order valence-electron chi connectivity index (χ0n) is 20.0. The first-order chi connectivity index (χ1) is 15.0. The molecule has 1 aromatic rings. The second-order valence-corrected chi connectivity index (χ2v) is 11.2. The van der Waals surface area contributed by atoms with Crippen LogP contribution in [0.1, 0.15) is 88.7 Å². The van der Waals surface area contributed by atoms with Crippen molar-refractivity contribution in [3.63, 3.8) is 0 Å². The topological polar surface area (TPSA) is 71.0 Å². The molecule has 1 heterocycles. The maximum Gasteiger partial charge on any atom is 1.00 e. The molecule has 1 fully saturated rings. The predicted molar refractivity (Wildman–Crippen MR) is 127 cm³/mol. The maximum atomic E-state index is 11.0.